The van der Waals surface area contributed by atoms with Crippen LogP contribution in [-0.2, 0) is 7.05 Å². The fourth-order valence-corrected chi connectivity index (χ4v) is 1.68. The molecule has 2 rings (SSSR count). The van der Waals surface area contributed by atoms with Gasteiger partial charge in [-0.2, -0.15) is 0 Å². The number of hydrogen-bond donors (Lipinski definition) is 1. The maximum Gasteiger partial charge on any atom is 0.354 e. The zero-order valence-electron chi connectivity index (χ0n) is 9.42. The molecule has 0 saturated carbocycles. The molecule has 0 unspecified atom stereocenters. The lowest BCUT2D eigenvalue weighted by Crippen LogP contribution is -2.12. The lowest BCUT2D eigenvalue weighted by Gasteiger charge is -2.02. The first-order chi connectivity index (χ1) is 8.50. The molecule has 0 aliphatic heterocycles. The van der Waals surface area contributed by atoms with Gasteiger partial charge in [-0.05, 0) is 24.3 Å². The van der Waals surface area contributed by atoms with E-state index in [0.717, 1.165) is 6.20 Å². The zero-order chi connectivity index (χ0) is 13.3. The van der Waals surface area contributed by atoms with Crippen molar-refractivity contribution in [1.82, 2.24) is 9.55 Å². The van der Waals surface area contributed by atoms with Crippen LogP contribution in [0.4, 0.5) is 0 Å². The van der Waals surface area contributed by atoms with Crippen molar-refractivity contribution in [2.75, 3.05) is 0 Å². The van der Waals surface area contributed by atoms with Crippen molar-refractivity contribution in [3.63, 3.8) is 0 Å². The van der Waals surface area contributed by atoms with Crippen molar-refractivity contribution in [2.24, 2.45) is 7.05 Å². The molecule has 0 aliphatic carbocycles. The molecule has 0 radical (unpaired) electrons. The topological polar surface area (TPSA) is 72.2 Å². The summed E-state index contributed by atoms with van der Waals surface area (Å²) >= 11 is 5.73. The number of rotatable bonds is 3. The smallest absolute Gasteiger partial charge is 0.354 e. The van der Waals surface area contributed by atoms with Crippen LogP contribution in [-0.4, -0.2) is 26.4 Å². The van der Waals surface area contributed by atoms with E-state index in [9.17, 15) is 9.59 Å². The lowest BCUT2D eigenvalue weighted by molar-refractivity contribution is 0.0686. The van der Waals surface area contributed by atoms with Gasteiger partial charge < -0.3 is 9.67 Å². The Morgan fingerprint density at radius 3 is 2.39 bits per heavy atom. The molecule has 0 saturated heterocycles. The van der Waals surface area contributed by atoms with Crippen molar-refractivity contribution in [3.05, 3.63) is 52.6 Å². The Morgan fingerprint density at radius 1 is 1.28 bits per heavy atom. The number of aromatic carboxylic acids is 1. The predicted molar refractivity (Wildman–Crippen MR) is 65.1 cm³/mol. The molecule has 0 amide bonds. The summed E-state index contributed by atoms with van der Waals surface area (Å²) in [5, 5.41) is 9.40. The molecule has 0 bridgehead atoms. The number of aromatic nitrogens is 2. The number of hydrogen-bond acceptors (Lipinski definition) is 3. The Balaban J connectivity index is 2.40. The van der Waals surface area contributed by atoms with Gasteiger partial charge in [0.05, 0.1) is 6.20 Å². The molecule has 92 valence electrons. The fraction of sp³-hybridized carbons (Fsp3) is 0.0833. The van der Waals surface area contributed by atoms with E-state index >= 15 is 0 Å². The first-order valence-corrected chi connectivity index (χ1v) is 5.44. The van der Waals surface area contributed by atoms with Crippen LogP contribution in [0.1, 0.15) is 26.7 Å². The third-order valence-electron chi connectivity index (χ3n) is 2.52. The third-order valence-corrected chi connectivity index (χ3v) is 2.77. The summed E-state index contributed by atoms with van der Waals surface area (Å²) in [6.07, 6.45) is 1.16. The Labute approximate surface area is 108 Å². The Kier molecular flexibility index (Phi) is 3.16. The summed E-state index contributed by atoms with van der Waals surface area (Å²) < 4.78 is 1.25. The van der Waals surface area contributed by atoms with Crippen LogP contribution < -0.4 is 0 Å². The SMILES string of the molecule is Cn1c(C(=O)O)cnc1C(=O)c1ccc(Cl)cc1. The summed E-state index contributed by atoms with van der Waals surface area (Å²) in [6, 6.07) is 6.32. The quantitative estimate of drug-likeness (QED) is 0.861. The molecule has 18 heavy (non-hydrogen) atoms. The van der Waals surface area contributed by atoms with Gasteiger partial charge in [-0.3, -0.25) is 4.79 Å². The number of carboxylic acid groups (broad SMARTS) is 1. The number of ketones is 1. The highest BCUT2D eigenvalue weighted by Crippen LogP contribution is 2.14. The van der Waals surface area contributed by atoms with Gasteiger partial charge in [-0.15, -0.1) is 0 Å². The molecule has 0 spiro atoms. The number of carbonyl (C=O) groups excluding carboxylic acids is 1. The molecule has 1 heterocycles. The molecule has 2 aromatic rings. The van der Waals surface area contributed by atoms with Crippen molar-refractivity contribution < 1.29 is 14.7 Å². The third kappa shape index (κ3) is 2.12. The van der Waals surface area contributed by atoms with E-state index < -0.39 is 5.97 Å². The van der Waals surface area contributed by atoms with Gasteiger partial charge >= 0.3 is 5.97 Å². The highest BCUT2D eigenvalue weighted by atomic mass is 35.5. The minimum absolute atomic E-state index is 0.0349. The maximum atomic E-state index is 12.1. The van der Waals surface area contributed by atoms with Crippen LogP contribution in [0.2, 0.25) is 5.02 Å². The fourth-order valence-electron chi connectivity index (χ4n) is 1.55. The molecule has 1 N–H and O–H groups in total. The van der Waals surface area contributed by atoms with Crippen molar-refractivity contribution >= 4 is 23.4 Å². The van der Waals surface area contributed by atoms with Crippen LogP contribution in [0.3, 0.4) is 0 Å². The Morgan fingerprint density at radius 2 is 1.89 bits per heavy atom. The average Bonchev–Trinajstić information content (AvgIpc) is 2.71. The summed E-state index contributed by atoms with van der Waals surface area (Å²) in [6.45, 7) is 0. The summed E-state index contributed by atoms with van der Waals surface area (Å²) in [5.41, 5.74) is 0.373. The maximum absolute atomic E-state index is 12.1. The van der Waals surface area contributed by atoms with Gasteiger partial charge in [0.1, 0.15) is 5.69 Å². The predicted octanol–water partition coefficient (Wildman–Crippen LogP) is 2.00. The van der Waals surface area contributed by atoms with E-state index in [0.29, 0.717) is 10.6 Å². The Hall–Kier alpha value is -2.14. The van der Waals surface area contributed by atoms with Crippen LogP contribution in [0, 0.1) is 0 Å². The molecule has 1 aromatic carbocycles. The van der Waals surface area contributed by atoms with Crippen molar-refractivity contribution in [1.29, 1.82) is 0 Å². The number of carbonyl (C=O) groups is 2. The summed E-state index contributed by atoms with van der Waals surface area (Å²) in [7, 11) is 1.49. The van der Waals surface area contributed by atoms with Crippen LogP contribution >= 0.6 is 11.6 Å². The van der Waals surface area contributed by atoms with Gasteiger partial charge in [-0.25, -0.2) is 9.78 Å². The van der Waals surface area contributed by atoms with Crippen molar-refractivity contribution in [2.45, 2.75) is 0 Å². The van der Waals surface area contributed by atoms with Crippen LogP contribution in [0.5, 0.6) is 0 Å². The van der Waals surface area contributed by atoms with Crippen molar-refractivity contribution in [3.8, 4) is 0 Å². The number of halogens is 1. The highest BCUT2D eigenvalue weighted by Gasteiger charge is 2.19. The molecule has 0 fully saturated rings. The minimum atomic E-state index is -1.12. The number of nitrogens with zero attached hydrogens (tertiary/aromatic N) is 2. The van der Waals surface area contributed by atoms with Gasteiger partial charge in [0.2, 0.25) is 5.78 Å². The lowest BCUT2D eigenvalue weighted by atomic mass is 10.1. The van der Waals surface area contributed by atoms with E-state index in [1.54, 1.807) is 24.3 Å². The molecule has 1 aromatic heterocycles. The molecular formula is C12H9ClN2O3. The molecule has 6 heteroatoms. The van der Waals surface area contributed by atoms with Crippen LogP contribution in [0.25, 0.3) is 0 Å². The normalized spacial score (nSPS) is 10.3. The van der Waals surface area contributed by atoms with E-state index in [-0.39, 0.29) is 17.3 Å². The van der Waals surface area contributed by atoms with Gasteiger partial charge in [0.15, 0.2) is 5.82 Å². The first kappa shape index (κ1) is 12.3. The number of carboxylic acids is 1. The zero-order valence-corrected chi connectivity index (χ0v) is 10.2. The second-order valence-electron chi connectivity index (χ2n) is 3.67. The molecule has 0 aliphatic rings. The molecular weight excluding hydrogens is 256 g/mol. The van der Waals surface area contributed by atoms with Gasteiger partial charge in [-0.1, -0.05) is 11.6 Å². The van der Waals surface area contributed by atoms with E-state index in [1.165, 1.54) is 11.6 Å². The number of imidazole rings is 1. The molecule has 5 nitrogen and oxygen atoms in total. The van der Waals surface area contributed by atoms with Gasteiger partial charge in [0.25, 0.3) is 0 Å². The summed E-state index contributed by atoms with van der Waals surface area (Å²) in [4.78, 5) is 26.8. The van der Waals surface area contributed by atoms with E-state index in [2.05, 4.69) is 4.98 Å². The van der Waals surface area contributed by atoms with Gasteiger partial charge in [0, 0.05) is 17.6 Å². The van der Waals surface area contributed by atoms with E-state index in [1.807, 2.05) is 0 Å². The largest absolute Gasteiger partial charge is 0.477 e. The number of benzene rings is 1. The monoisotopic (exact) mass is 264 g/mol. The standard InChI is InChI=1S/C12H9ClN2O3/c1-15-9(12(17)18)6-14-11(15)10(16)7-2-4-8(13)5-3-7/h2-6H,1H3,(H,17,18). The second kappa shape index (κ2) is 4.62. The van der Waals surface area contributed by atoms with Crippen LogP contribution in [0.15, 0.2) is 30.5 Å². The average molecular weight is 265 g/mol. The Bertz CT molecular complexity index is 617. The minimum Gasteiger partial charge on any atom is -0.477 e. The first-order valence-electron chi connectivity index (χ1n) is 5.06. The highest BCUT2D eigenvalue weighted by molar-refractivity contribution is 6.30. The van der Waals surface area contributed by atoms with E-state index in [4.69, 9.17) is 16.7 Å². The molecule has 0 atom stereocenters. The second-order valence-corrected chi connectivity index (χ2v) is 4.10. The summed E-state index contributed by atoms with van der Waals surface area (Å²) in [5.74, 6) is -1.39.